The summed E-state index contributed by atoms with van der Waals surface area (Å²) in [5.41, 5.74) is 7.06. The highest BCUT2D eigenvalue weighted by Gasteiger charge is 2.36. The van der Waals surface area contributed by atoms with Crippen molar-refractivity contribution in [2.45, 2.75) is 35.6 Å². The van der Waals surface area contributed by atoms with Crippen molar-refractivity contribution in [3.8, 4) is 0 Å². The fourth-order valence-corrected chi connectivity index (χ4v) is 4.72. The Morgan fingerprint density at radius 2 is 1.79 bits per heavy atom. The summed E-state index contributed by atoms with van der Waals surface area (Å²) in [5, 5.41) is 5.98. The lowest BCUT2D eigenvalue weighted by Crippen LogP contribution is -2.49. The fraction of sp³-hybridized carbons (Fsp3) is 0.333. The van der Waals surface area contributed by atoms with Gasteiger partial charge in [0.15, 0.2) is 0 Å². The molecule has 1 heterocycles. The van der Waals surface area contributed by atoms with Crippen LogP contribution >= 0.6 is 46.1 Å². The number of carbonyl (C=O) groups excluding carboxylic acids is 2. The third-order valence-electron chi connectivity index (χ3n) is 4.40. The molecule has 10 heteroatoms. The first kappa shape index (κ1) is 21.2. The van der Waals surface area contributed by atoms with Crippen molar-refractivity contribution >= 4 is 63.0 Å². The molecule has 5 nitrogen and oxygen atoms in total. The number of halogens is 4. The Labute approximate surface area is 180 Å². The zero-order chi connectivity index (χ0) is 20.5. The highest BCUT2D eigenvalue weighted by molar-refractivity contribution is 7.16. The molecule has 0 fully saturated rings. The Hall–Kier alpha value is -1.54. The minimum atomic E-state index is -1.92. The van der Waals surface area contributed by atoms with E-state index in [2.05, 4.69) is 10.6 Å². The number of hydrogen-bond acceptors (Lipinski definition) is 4. The number of anilines is 1. The highest BCUT2D eigenvalue weighted by Crippen LogP contribution is 2.40. The first-order valence-corrected chi connectivity index (χ1v) is 10.5. The summed E-state index contributed by atoms with van der Waals surface area (Å²) in [5.74, 6) is -1.61. The number of rotatable bonds is 5. The number of fused-ring (bicyclic) bond motifs is 1. The lowest BCUT2D eigenvalue weighted by atomic mass is 9.95. The maximum Gasteiger partial charge on any atom is 0.252 e. The van der Waals surface area contributed by atoms with E-state index in [4.69, 9.17) is 40.5 Å². The normalized spacial score (nSPS) is 14.9. The van der Waals surface area contributed by atoms with Crippen LogP contribution in [0.2, 0.25) is 0 Å². The summed E-state index contributed by atoms with van der Waals surface area (Å²) in [4.78, 5) is 25.6. The molecule has 1 aliphatic rings. The molecule has 0 bridgehead atoms. The van der Waals surface area contributed by atoms with Crippen LogP contribution in [0.25, 0.3) is 0 Å². The van der Waals surface area contributed by atoms with Crippen LogP contribution in [0.1, 0.15) is 44.0 Å². The molecule has 1 unspecified atom stereocenters. The number of hydrogen-bond donors (Lipinski definition) is 3. The second-order valence-electron chi connectivity index (χ2n) is 6.38. The van der Waals surface area contributed by atoms with Crippen LogP contribution in [0.4, 0.5) is 9.39 Å². The second-order valence-corrected chi connectivity index (χ2v) is 9.85. The molecule has 3 rings (SSSR count). The van der Waals surface area contributed by atoms with Gasteiger partial charge in [-0.05, 0) is 55.5 Å². The third-order valence-corrected chi connectivity index (χ3v) is 6.28. The van der Waals surface area contributed by atoms with Crippen LogP contribution in [-0.4, -0.2) is 21.8 Å². The standard InChI is InChI=1S/C18H17Cl3FN3O2S/c19-18(20,21)17(24-15(27)9-5-7-10(22)8-6-9)25-16-13(14(23)26)11-3-1-2-4-12(11)28-16/h5-8,17,25H,1-4H2,(H2,23,26)(H,24,27). The van der Waals surface area contributed by atoms with Gasteiger partial charge in [0.2, 0.25) is 3.79 Å². The van der Waals surface area contributed by atoms with Gasteiger partial charge in [-0.2, -0.15) is 0 Å². The third kappa shape index (κ3) is 4.71. The SMILES string of the molecule is NC(=O)c1c(NC(NC(=O)c2ccc(F)cc2)C(Cl)(Cl)Cl)sc2c1CCCC2. The molecular formula is C18H17Cl3FN3O2S. The molecule has 1 atom stereocenters. The Morgan fingerprint density at radius 1 is 1.14 bits per heavy atom. The van der Waals surface area contributed by atoms with Crippen LogP contribution in [0.3, 0.4) is 0 Å². The van der Waals surface area contributed by atoms with Crippen molar-refractivity contribution in [1.82, 2.24) is 5.32 Å². The molecule has 4 N–H and O–H groups in total. The maximum absolute atomic E-state index is 13.1. The molecule has 0 saturated carbocycles. The number of alkyl halides is 3. The number of carbonyl (C=O) groups is 2. The molecule has 150 valence electrons. The van der Waals surface area contributed by atoms with E-state index < -0.39 is 27.6 Å². The van der Waals surface area contributed by atoms with Gasteiger partial charge in [0.05, 0.1) is 5.56 Å². The van der Waals surface area contributed by atoms with Crippen molar-refractivity contribution in [2.75, 3.05) is 5.32 Å². The van der Waals surface area contributed by atoms with Crippen molar-refractivity contribution < 1.29 is 14.0 Å². The van der Waals surface area contributed by atoms with E-state index >= 15 is 0 Å². The molecule has 1 aliphatic carbocycles. The van der Waals surface area contributed by atoms with E-state index in [-0.39, 0.29) is 5.56 Å². The van der Waals surface area contributed by atoms with Crippen LogP contribution in [0.15, 0.2) is 24.3 Å². The summed E-state index contributed by atoms with van der Waals surface area (Å²) in [6.07, 6.45) is 2.46. The van der Waals surface area contributed by atoms with Gasteiger partial charge < -0.3 is 16.4 Å². The van der Waals surface area contributed by atoms with E-state index in [9.17, 15) is 14.0 Å². The zero-order valence-corrected chi connectivity index (χ0v) is 17.6. The lowest BCUT2D eigenvalue weighted by molar-refractivity contribution is 0.0941. The number of amides is 2. The van der Waals surface area contributed by atoms with E-state index in [1.54, 1.807) is 0 Å². The minimum Gasteiger partial charge on any atom is -0.365 e. The summed E-state index contributed by atoms with van der Waals surface area (Å²) in [7, 11) is 0. The van der Waals surface area contributed by atoms with Crippen LogP contribution < -0.4 is 16.4 Å². The molecule has 1 aromatic carbocycles. The predicted octanol–water partition coefficient (Wildman–Crippen LogP) is 4.40. The average Bonchev–Trinajstić information content (AvgIpc) is 2.99. The van der Waals surface area contributed by atoms with Crippen molar-refractivity contribution in [3.63, 3.8) is 0 Å². The van der Waals surface area contributed by atoms with Gasteiger partial charge in [0, 0.05) is 10.4 Å². The summed E-state index contributed by atoms with van der Waals surface area (Å²) >= 11 is 19.5. The van der Waals surface area contributed by atoms with Crippen LogP contribution in [-0.2, 0) is 12.8 Å². The molecule has 2 aromatic rings. The first-order chi connectivity index (χ1) is 13.2. The maximum atomic E-state index is 13.1. The molecule has 0 spiro atoms. The van der Waals surface area contributed by atoms with Crippen LogP contribution in [0, 0.1) is 5.82 Å². The Balaban J connectivity index is 1.88. The van der Waals surface area contributed by atoms with Gasteiger partial charge >= 0.3 is 0 Å². The van der Waals surface area contributed by atoms with Crippen molar-refractivity contribution in [3.05, 3.63) is 51.7 Å². The number of primary amides is 1. The van der Waals surface area contributed by atoms with Gasteiger partial charge in [-0.25, -0.2) is 4.39 Å². The van der Waals surface area contributed by atoms with E-state index in [0.29, 0.717) is 10.6 Å². The van der Waals surface area contributed by atoms with Gasteiger partial charge in [-0.15, -0.1) is 11.3 Å². The first-order valence-electron chi connectivity index (χ1n) is 8.51. The average molecular weight is 465 g/mol. The van der Waals surface area contributed by atoms with Gasteiger partial charge in [0.1, 0.15) is 17.0 Å². The highest BCUT2D eigenvalue weighted by atomic mass is 35.6. The number of thiophene rings is 1. The fourth-order valence-electron chi connectivity index (χ4n) is 3.07. The summed E-state index contributed by atoms with van der Waals surface area (Å²) < 4.78 is 11.2. The quantitative estimate of drug-likeness (QED) is 0.453. The Morgan fingerprint density at radius 3 is 2.39 bits per heavy atom. The topological polar surface area (TPSA) is 84.2 Å². The molecule has 0 aliphatic heterocycles. The smallest absolute Gasteiger partial charge is 0.252 e. The number of nitrogens with two attached hydrogens (primary N) is 1. The van der Waals surface area contributed by atoms with E-state index in [1.807, 2.05) is 0 Å². The number of nitrogens with one attached hydrogen (secondary N) is 2. The minimum absolute atomic E-state index is 0.197. The largest absolute Gasteiger partial charge is 0.365 e. The van der Waals surface area contributed by atoms with Crippen molar-refractivity contribution in [2.24, 2.45) is 5.73 Å². The van der Waals surface area contributed by atoms with Gasteiger partial charge in [-0.1, -0.05) is 34.8 Å². The van der Waals surface area contributed by atoms with Crippen LogP contribution in [0.5, 0.6) is 0 Å². The number of benzene rings is 1. The number of aryl methyl sites for hydroxylation is 1. The molecule has 28 heavy (non-hydrogen) atoms. The monoisotopic (exact) mass is 463 g/mol. The second kappa shape index (κ2) is 8.45. The Bertz CT molecular complexity index is 897. The molecule has 0 radical (unpaired) electrons. The van der Waals surface area contributed by atoms with Crippen molar-refractivity contribution in [1.29, 1.82) is 0 Å². The molecule has 2 amide bonds. The molecule has 0 saturated heterocycles. The predicted molar refractivity (Wildman–Crippen MR) is 111 cm³/mol. The zero-order valence-electron chi connectivity index (χ0n) is 14.5. The van der Waals surface area contributed by atoms with Gasteiger partial charge in [0.25, 0.3) is 11.8 Å². The molecule has 1 aromatic heterocycles. The van der Waals surface area contributed by atoms with Gasteiger partial charge in [-0.3, -0.25) is 9.59 Å². The lowest BCUT2D eigenvalue weighted by Gasteiger charge is -2.27. The Kier molecular flexibility index (Phi) is 6.39. The summed E-state index contributed by atoms with van der Waals surface area (Å²) in [6.45, 7) is 0. The van der Waals surface area contributed by atoms with E-state index in [0.717, 1.165) is 48.3 Å². The summed E-state index contributed by atoms with van der Waals surface area (Å²) in [6, 6.07) is 4.95. The van der Waals surface area contributed by atoms with E-state index in [1.165, 1.54) is 23.5 Å². The molecular weight excluding hydrogens is 448 g/mol.